The van der Waals surface area contributed by atoms with E-state index in [9.17, 15) is 4.79 Å². The van der Waals surface area contributed by atoms with Crippen LogP contribution in [-0.4, -0.2) is 17.8 Å². The molecule has 2 atom stereocenters. The molecule has 0 saturated carbocycles. The van der Waals surface area contributed by atoms with E-state index in [0.717, 1.165) is 22.0 Å². The van der Waals surface area contributed by atoms with Crippen LogP contribution >= 0.6 is 0 Å². The molecule has 1 fully saturated rings. The van der Waals surface area contributed by atoms with Crippen molar-refractivity contribution in [1.29, 1.82) is 0 Å². The Morgan fingerprint density at radius 1 is 1.23 bits per heavy atom. The highest BCUT2D eigenvalue weighted by Crippen LogP contribution is 2.49. The molecule has 0 bridgehead atoms. The summed E-state index contributed by atoms with van der Waals surface area (Å²) < 4.78 is 5.64. The molecule has 2 aromatic rings. The summed E-state index contributed by atoms with van der Waals surface area (Å²) in [4.78, 5) is 18.3. The maximum Gasteiger partial charge on any atom is 0.314 e. The summed E-state index contributed by atoms with van der Waals surface area (Å²) in [7, 11) is 0. The van der Waals surface area contributed by atoms with Gasteiger partial charge in [0.2, 0.25) is 0 Å². The Morgan fingerprint density at radius 3 is 2.77 bits per heavy atom. The van der Waals surface area contributed by atoms with Crippen LogP contribution in [0.2, 0.25) is 0 Å². The number of fused-ring (bicyclic) bond motifs is 5. The van der Waals surface area contributed by atoms with Crippen molar-refractivity contribution in [3.8, 4) is 0 Å². The zero-order valence-electron chi connectivity index (χ0n) is 13.0. The average Bonchev–Trinajstić information content (AvgIpc) is 3.23. The number of anilines is 1. The number of hydrogen-bond acceptors (Lipinski definition) is 4. The summed E-state index contributed by atoms with van der Waals surface area (Å²) >= 11 is 0. The van der Waals surface area contributed by atoms with Crippen LogP contribution in [0.3, 0.4) is 0 Å². The Morgan fingerprint density at radius 2 is 2.00 bits per heavy atom. The van der Waals surface area contributed by atoms with Crippen LogP contribution in [0.15, 0.2) is 36.4 Å². The second kappa shape index (κ2) is 4.46. The molecule has 4 heteroatoms. The maximum absolute atomic E-state index is 12.7. The highest BCUT2D eigenvalue weighted by Gasteiger charge is 2.49. The Balaban J connectivity index is 1.84. The summed E-state index contributed by atoms with van der Waals surface area (Å²) in [5.41, 5.74) is 1.54. The molecule has 0 radical (unpaired) electrons. The summed E-state index contributed by atoms with van der Waals surface area (Å²) in [5.74, 6) is -0.440. The molecule has 0 aliphatic carbocycles. The molecule has 4 rings (SSSR count). The highest BCUT2D eigenvalue weighted by molar-refractivity contribution is 5.96. The lowest BCUT2D eigenvalue weighted by Crippen LogP contribution is -2.30. The van der Waals surface area contributed by atoms with Gasteiger partial charge in [-0.05, 0) is 37.6 Å². The van der Waals surface area contributed by atoms with E-state index in [1.807, 2.05) is 44.0 Å². The molecule has 22 heavy (non-hydrogen) atoms. The van der Waals surface area contributed by atoms with Crippen molar-refractivity contribution in [2.75, 3.05) is 5.06 Å². The second-order valence-electron chi connectivity index (χ2n) is 6.93. The predicted molar refractivity (Wildman–Crippen MR) is 84.5 cm³/mol. The van der Waals surface area contributed by atoms with E-state index in [0.29, 0.717) is 6.42 Å². The van der Waals surface area contributed by atoms with Gasteiger partial charge in [0.1, 0.15) is 5.60 Å². The summed E-state index contributed by atoms with van der Waals surface area (Å²) in [5, 5.41) is 4.13. The zero-order valence-corrected chi connectivity index (χ0v) is 13.0. The van der Waals surface area contributed by atoms with E-state index in [4.69, 9.17) is 9.57 Å². The lowest BCUT2D eigenvalue weighted by atomic mass is 9.86. The maximum atomic E-state index is 12.7. The van der Waals surface area contributed by atoms with Gasteiger partial charge in [-0.3, -0.25) is 4.79 Å². The number of benzene rings is 2. The summed E-state index contributed by atoms with van der Waals surface area (Å²) in [6.45, 7) is 5.70. The van der Waals surface area contributed by atoms with Crippen molar-refractivity contribution < 1.29 is 14.4 Å². The fourth-order valence-electron chi connectivity index (χ4n) is 3.20. The van der Waals surface area contributed by atoms with Crippen molar-refractivity contribution in [2.24, 2.45) is 0 Å². The van der Waals surface area contributed by atoms with Crippen LogP contribution in [-0.2, 0) is 14.4 Å². The van der Waals surface area contributed by atoms with Crippen molar-refractivity contribution in [3.63, 3.8) is 0 Å². The first kappa shape index (κ1) is 13.6. The fraction of sp³-hybridized carbons (Fsp3) is 0.389. The lowest BCUT2D eigenvalue weighted by Gasteiger charge is -2.27. The highest BCUT2D eigenvalue weighted by atomic mass is 16.8. The number of rotatable bonds is 1. The second-order valence-corrected chi connectivity index (χ2v) is 6.93. The molecule has 4 nitrogen and oxygen atoms in total. The molecule has 2 aliphatic heterocycles. The number of ether oxygens (including phenoxy) is 1. The number of nitrogens with zero attached hydrogens (tertiary/aromatic N) is 1. The molecule has 0 spiro atoms. The van der Waals surface area contributed by atoms with Gasteiger partial charge in [0.05, 0.1) is 11.6 Å². The molecule has 2 heterocycles. The van der Waals surface area contributed by atoms with E-state index in [-0.39, 0.29) is 18.1 Å². The summed E-state index contributed by atoms with van der Waals surface area (Å²) in [6, 6.07) is 12.3. The first-order valence-corrected chi connectivity index (χ1v) is 7.64. The Bertz CT molecular complexity index is 763. The predicted octanol–water partition coefficient (Wildman–Crippen LogP) is 3.75. The van der Waals surface area contributed by atoms with Gasteiger partial charge >= 0.3 is 5.97 Å². The Labute approximate surface area is 129 Å². The first-order valence-electron chi connectivity index (χ1n) is 7.64. The number of carbonyl (C=O) groups is 1. The van der Waals surface area contributed by atoms with Crippen LogP contribution < -0.4 is 5.06 Å². The third kappa shape index (κ3) is 2.15. The van der Waals surface area contributed by atoms with E-state index in [1.165, 1.54) is 0 Å². The van der Waals surface area contributed by atoms with E-state index >= 15 is 0 Å². The normalized spacial score (nSPS) is 23.0. The van der Waals surface area contributed by atoms with Gasteiger partial charge in [-0.1, -0.05) is 30.3 Å². The number of carbonyl (C=O) groups excluding carboxylic acids is 1. The topological polar surface area (TPSA) is 41.8 Å². The monoisotopic (exact) mass is 297 g/mol. The van der Waals surface area contributed by atoms with E-state index in [1.54, 1.807) is 0 Å². The van der Waals surface area contributed by atoms with Crippen LogP contribution in [0, 0.1) is 0 Å². The Hall–Kier alpha value is -2.07. The van der Waals surface area contributed by atoms with Gasteiger partial charge in [-0.2, -0.15) is 0 Å². The third-order valence-electron chi connectivity index (χ3n) is 4.11. The minimum absolute atomic E-state index is 0.00572. The zero-order chi connectivity index (χ0) is 15.5. The standard InChI is InChI=1S/C18H19NO3/c1-18(2,3)21-17(20)13-10-15-19(22-15)14-9-8-11-6-4-5-7-12(11)16(13)14/h4-9,13,15H,10H2,1-3H3. The molecule has 2 aromatic carbocycles. The molecule has 1 saturated heterocycles. The van der Waals surface area contributed by atoms with Crippen LogP contribution in [0.5, 0.6) is 0 Å². The van der Waals surface area contributed by atoms with Gasteiger partial charge in [0.15, 0.2) is 6.23 Å². The number of esters is 1. The van der Waals surface area contributed by atoms with Crippen molar-refractivity contribution >= 4 is 22.4 Å². The number of hydroxylamine groups is 1. The van der Waals surface area contributed by atoms with Crippen LogP contribution in [0.25, 0.3) is 10.8 Å². The molecule has 0 aromatic heterocycles. The van der Waals surface area contributed by atoms with Crippen LogP contribution in [0.4, 0.5) is 5.69 Å². The minimum Gasteiger partial charge on any atom is -0.459 e. The van der Waals surface area contributed by atoms with Crippen molar-refractivity contribution in [3.05, 3.63) is 42.0 Å². The van der Waals surface area contributed by atoms with E-state index in [2.05, 4.69) is 18.2 Å². The van der Waals surface area contributed by atoms with Gasteiger partial charge < -0.3 is 4.74 Å². The number of hydrogen-bond donors (Lipinski definition) is 0. The van der Waals surface area contributed by atoms with Gasteiger partial charge in [-0.25, -0.2) is 9.90 Å². The molecule has 2 unspecified atom stereocenters. The molecule has 114 valence electrons. The third-order valence-corrected chi connectivity index (χ3v) is 4.11. The molecule has 2 aliphatic rings. The lowest BCUT2D eigenvalue weighted by molar-refractivity contribution is -0.157. The molecule has 0 N–H and O–H groups in total. The fourth-order valence-corrected chi connectivity index (χ4v) is 3.20. The molecule has 0 amide bonds. The molecular formula is C18H19NO3. The Kier molecular flexibility index (Phi) is 2.76. The largest absolute Gasteiger partial charge is 0.459 e. The molecular weight excluding hydrogens is 278 g/mol. The quantitative estimate of drug-likeness (QED) is 0.594. The van der Waals surface area contributed by atoms with Crippen LogP contribution in [0.1, 0.15) is 38.7 Å². The van der Waals surface area contributed by atoms with E-state index < -0.39 is 5.60 Å². The smallest absolute Gasteiger partial charge is 0.314 e. The first-order chi connectivity index (χ1) is 10.4. The van der Waals surface area contributed by atoms with Gasteiger partial charge in [-0.15, -0.1) is 0 Å². The minimum atomic E-state index is -0.483. The average molecular weight is 297 g/mol. The summed E-state index contributed by atoms with van der Waals surface area (Å²) in [6.07, 6.45) is 0.654. The van der Waals surface area contributed by atoms with Gasteiger partial charge in [0, 0.05) is 12.0 Å². The SMILES string of the molecule is CC(C)(C)OC(=O)C1CC2ON2c2ccc3ccccc3c21. The van der Waals surface area contributed by atoms with Crippen molar-refractivity contribution in [1.82, 2.24) is 0 Å². The van der Waals surface area contributed by atoms with Gasteiger partial charge in [0.25, 0.3) is 0 Å². The van der Waals surface area contributed by atoms with Crippen molar-refractivity contribution in [2.45, 2.75) is 44.9 Å².